The zero-order valence-corrected chi connectivity index (χ0v) is 8.14. The molecule has 0 aliphatic rings. The number of hydrogen-bond acceptors (Lipinski definition) is 3. The van der Waals surface area contributed by atoms with Crippen molar-refractivity contribution < 1.29 is 9.53 Å². The van der Waals surface area contributed by atoms with Crippen LogP contribution in [0.5, 0.6) is 5.75 Å². The second-order valence-electron chi connectivity index (χ2n) is 2.80. The van der Waals surface area contributed by atoms with E-state index in [-0.39, 0.29) is 0 Å². The zero-order chi connectivity index (χ0) is 10.2. The number of hydrogen-bond donors (Lipinski definition) is 0. The van der Waals surface area contributed by atoms with Crippen LogP contribution in [0.25, 0.3) is 6.08 Å². The van der Waals surface area contributed by atoms with Gasteiger partial charge in [0.1, 0.15) is 12.0 Å². The number of aldehydes is 1. The van der Waals surface area contributed by atoms with Crippen molar-refractivity contribution in [3.8, 4) is 5.75 Å². The van der Waals surface area contributed by atoms with Crippen molar-refractivity contribution in [1.82, 2.24) is 4.98 Å². The van der Waals surface area contributed by atoms with Gasteiger partial charge in [0.05, 0.1) is 12.8 Å². The normalized spacial score (nSPS) is 10.4. The maximum absolute atomic E-state index is 10.1. The number of aromatic nitrogens is 1. The number of ether oxygens (including phenoxy) is 1. The van der Waals surface area contributed by atoms with Crippen molar-refractivity contribution in [2.45, 2.75) is 13.3 Å². The Morgan fingerprint density at radius 3 is 3.07 bits per heavy atom. The monoisotopic (exact) mass is 191 g/mol. The molecule has 0 aromatic carbocycles. The second kappa shape index (κ2) is 5.91. The lowest BCUT2D eigenvalue weighted by molar-refractivity contribution is -0.104. The molecule has 0 N–H and O–H groups in total. The highest BCUT2D eigenvalue weighted by Gasteiger charge is 1.94. The van der Waals surface area contributed by atoms with Crippen LogP contribution in [0, 0.1) is 0 Å². The SMILES string of the molecule is CCCOc1cncc(/C=C\C=O)c1. The van der Waals surface area contributed by atoms with Crippen molar-refractivity contribution in [3.63, 3.8) is 0 Å². The summed E-state index contributed by atoms with van der Waals surface area (Å²) in [5, 5.41) is 0. The van der Waals surface area contributed by atoms with Crippen LogP contribution in [-0.4, -0.2) is 17.9 Å². The average molecular weight is 191 g/mol. The topological polar surface area (TPSA) is 39.2 Å². The van der Waals surface area contributed by atoms with Gasteiger partial charge in [0, 0.05) is 6.20 Å². The Morgan fingerprint density at radius 1 is 1.50 bits per heavy atom. The van der Waals surface area contributed by atoms with E-state index in [1.54, 1.807) is 18.5 Å². The van der Waals surface area contributed by atoms with Crippen LogP contribution >= 0.6 is 0 Å². The fraction of sp³-hybridized carbons (Fsp3) is 0.273. The van der Waals surface area contributed by atoms with Gasteiger partial charge >= 0.3 is 0 Å². The third kappa shape index (κ3) is 3.39. The van der Waals surface area contributed by atoms with Crippen LogP contribution in [0.4, 0.5) is 0 Å². The molecular formula is C11H13NO2. The zero-order valence-electron chi connectivity index (χ0n) is 8.14. The number of pyridine rings is 1. The quantitative estimate of drug-likeness (QED) is 0.528. The molecule has 1 rings (SSSR count). The maximum Gasteiger partial charge on any atom is 0.142 e. The lowest BCUT2D eigenvalue weighted by Gasteiger charge is -2.03. The second-order valence-corrected chi connectivity index (χ2v) is 2.80. The molecule has 0 saturated heterocycles. The van der Waals surface area contributed by atoms with Crippen LogP contribution in [0.1, 0.15) is 18.9 Å². The van der Waals surface area contributed by atoms with Crippen LogP contribution in [0.2, 0.25) is 0 Å². The molecule has 3 nitrogen and oxygen atoms in total. The summed E-state index contributed by atoms with van der Waals surface area (Å²) < 4.78 is 5.39. The molecule has 1 aromatic heterocycles. The molecule has 0 aliphatic carbocycles. The first-order chi connectivity index (χ1) is 6.86. The fourth-order valence-electron chi connectivity index (χ4n) is 0.976. The Hall–Kier alpha value is -1.64. The number of nitrogens with zero attached hydrogens (tertiary/aromatic N) is 1. The number of carbonyl (C=O) groups is 1. The van der Waals surface area contributed by atoms with E-state index in [1.807, 2.05) is 13.0 Å². The highest BCUT2D eigenvalue weighted by atomic mass is 16.5. The van der Waals surface area contributed by atoms with E-state index in [0.717, 1.165) is 24.0 Å². The smallest absolute Gasteiger partial charge is 0.142 e. The lowest BCUT2D eigenvalue weighted by atomic mass is 10.2. The molecule has 1 aromatic rings. The summed E-state index contributed by atoms with van der Waals surface area (Å²) in [5.41, 5.74) is 0.866. The summed E-state index contributed by atoms with van der Waals surface area (Å²) in [7, 11) is 0. The Kier molecular flexibility index (Phi) is 4.41. The Labute approximate surface area is 83.4 Å². The summed E-state index contributed by atoms with van der Waals surface area (Å²) in [4.78, 5) is 14.1. The van der Waals surface area contributed by atoms with Crippen LogP contribution in [-0.2, 0) is 4.79 Å². The van der Waals surface area contributed by atoms with Crippen molar-refractivity contribution >= 4 is 12.4 Å². The molecule has 3 heteroatoms. The lowest BCUT2D eigenvalue weighted by Crippen LogP contribution is -1.95. The first kappa shape index (κ1) is 10.4. The van der Waals surface area contributed by atoms with Gasteiger partial charge in [-0.15, -0.1) is 0 Å². The number of allylic oxidation sites excluding steroid dienone is 1. The fourth-order valence-corrected chi connectivity index (χ4v) is 0.976. The Balaban J connectivity index is 2.68. The van der Waals surface area contributed by atoms with E-state index >= 15 is 0 Å². The number of rotatable bonds is 5. The Bertz CT molecular complexity index is 321. The van der Waals surface area contributed by atoms with Gasteiger partial charge in [0.2, 0.25) is 0 Å². The van der Waals surface area contributed by atoms with Crippen LogP contribution in [0.3, 0.4) is 0 Å². The van der Waals surface area contributed by atoms with Gasteiger partial charge in [-0.05, 0) is 24.1 Å². The van der Waals surface area contributed by atoms with Gasteiger partial charge in [-0.25, -0.2) is 0 Å². The molecule has 0 unspecified atom stereocenters. The van der Waals surface area contributed by atoms with E-state index in [1.165, 1.54) is 6.08 Å². The molecule has 14 heavy (non-hydrogen) atoms. The molecule has 74 valence electrons. The molecule has 0 aliphatic heterocycles. The van der Waals surface area contributed by atoms with Gasteiger partial charge in [-0.2, -0.15) is 0 Å². The largest absolute Gasteiger partial charge is 0.492 e. The maximum atomic E-state index is 10.1. The summed E-state index contributed by atoms with van der Waals surface area (Å²) in [6.07, 6.45) is 8.17. The van der Waals surface area contributed by atoms with Gasteiger partial charge in [-0.3, -0.25) is 9.78 Å². The minimum Gasteiger partial charge on any atom is -0.492 e. The first-order valence-corrected chi connectivity index (χ1v) is 4.56. The molecular weight excluding hydrogens is 178 g/mol. The third-order valence-corrected chi connectivity index (χ3v) is 1.57. The summed E-state index contributed by atoms with van der Waals surface area (Å²) >= 11 is 0. The van der Waals surface area contributed by atoms with E-state index in [9.17, 15) is 4.79 Å². The van der Waals surface area contributed by atoms with Gasteiger partial charge in [0.15, 0.2) is 0 Å². The van der Waals surface area contributed by atoms with E-state index in [0.29, 0.717) is 6.61 Å². The summed E-state index contributed by atoms with van der Waals surface area (Å²) in [5.74, 6) is 0.736. The number of carbonyl (C=O) groups excluding carboxylic acids is 1. The molecule has 0 fully saturated rings. The first-order valence-electron chi connectivity index (χ1n) is 4.56. The van der Waals surface area contributed by atoms with Crippen molar-refractivity contribution in [1.29, 1.82) is 0 Å². The van der Waals surface area contributed by atoms with Crippen molar-refractivity contribution in [2.24, 2.45) is 0 Å². The third-order valence-electron chi connectivity index (χ3n) is 1.57. The molecule has 0 atom stereocenters. The van der Waals surface area contributed by atoms with Crippen molar-refractivity contribution in [2.75, 3.05) is 6.61 Å². The predicted molar refractivity (Wildman–Crippen MR) is 55.1 cm³/mol. The Morgan fingerprint density at radius 2 is 2.36 bits per heavy atom. The minimum absolute atomic E-state index is 0.683. The predicted octanol–water partition coefficient (Wildman–Crippen LogP) is 2.08. The standard InChI is InChI=1S/C11H13NO2/c1-2-6-14-11-7-10(4-3-5-13)8-12-9-11/h3-5,7-9H,2,6H2,1H3/b4-3-. The average Bonchev–Trinajstić information content (AvgIpc) is 2.24. The van der Waals surface area contributed by atoms with E-state index in [4.69, 9.17) is 4.74 Å². The van der Waals surface area contributed by atoms with E-state index < -0.39 is 0 Å². The molecule has 0 spiro atoms. The van der Waals surface area contributed by atoms with Crippen LogP contribution in [0.15, 0.2) is 24.5 Å². The van der Waals surface area contributed by atoms with Gasteiger partial charge in [0.25, 0.3) is 0 Å². The molecule has 0 bridgehead atoms. The molecule has 1 heterocycles. The van der Waals surface area contributed by atoms with E-state index in [2.05, 4.69) is 4.98 Å². The van der Waals surface area contributed by atoms with Gasteiger partial charge in [-0.1, -0.05) is 13.0 Å². The van der Waals surface area contributed by atoms with Crippen molar-refractivity contribution in [3.05, 3.63) is 30.1 Å². The highest BCUT2D eigenvalue weighted by molar-refractivity contribution is 5.73. The summed E-state index contributed by atoms with van der Waals surface area (Å²) in [6.45, 7) is 2.73. The van der Waals surface area contributed by atoms with Crippen LogP contribution < -0.4 is 4.74 Å². The minimum atomic E-state index is 0.683. The van der Waals surface area contributed by atoms with Gasteiger partial charge < -0.3 is 4.74 Å². The molecule has 0 amide bonds. The summed E-state index contributed by atoms with van der Waals surface area (Å²) in [6, 6.07) is 1.85. The molecule has 0 radical (unpaired) electrons. The molecule has 0 saturated carbocycles. The highest BCUT2D eigenvalue weighted by Crippen LogP contribution is 2.12.